The second-order valence-electron chi connectivity index (χ2n) is 6.58. The van der Waals surface area contributed by atoms with Gasteiger partial charge in [0, 0.05) is 37.8 Å². The summed E-state index contributed by atoms with van der Waals surface area (Å²) in [7, 11) is 1.59. The van der Waals surface area contributed by atoms with E-state index in [2.05, 4.69) is 5.16 Å². The van der Waals surface area contributed by atoms with E-state index in [9.17, 15) is 9.59 Å². The van der Waals surface area contributed by atoms with Gasteiger partial charge >= 0.3 is 0 Å². The quantitative estimate of drug-likeness (QED) is 0.840. The number of carbonyl (C=O) groups is 2. The molecule has 0 unspecified atom stereocenters. The summed E-state index contributed by atoms with van der Waals surface area (Å²) < 4.78 is 10.3. The largest absolute Gasteiger partial charge is 0.497 e. The summed E-state index contributed by atoms with van der Waals surface area (Å²) in [6.07, 6.45) is 0. The zero-order chi connectivity index (χ0) is 18.7. The lowest BCUT2D eigenvalue weighted by Gasteiger charge is -2.34. The van der Waals surface area contributed by atoms with E-state index in [4.69, 9.17) is 9.26 Å². The minimum Gasteiger partial charge on any atom is -0.497 e. The third-order valence-corrected chi connectivity index (χ3v) is 4.52. The monoisotopic (exact) mass is 357 g/mol. The Hall–Kier alpha value is -2.83. The van der Waals surface area contributed by atoms with Crippen molar-refractivity contribution in [2.24, 2.45) is 0 Å². The summed E-state index contributed by atoms with van der Waals surface area (Å²) in [5.74, 6) is 0.954. The SMILES string of the molecule is COc1ccc(C(=O)N2CCN(C(=O)c3cc(C(C)C)no3)CC2)cc1. The van der Waals surface area contributed by atoms with Gasteiger partial charge in [-0.15, -0.1) is 0 Å². The number of amides is 2. The first-order valence-corrected chi connectivity index (χ1v) is 8.69. The lowest BCUT2D eigenvalue weighted by atomic mass is 10.1. The Morgan fingerprint density at radius 2 is 1.62 bits per heavy atom. The van der Waals surface area contributed by atoms with Crippen LogP contribution >= 0.6 is 0 Å². The number of nitrogens with zero attached hydrogens (tertiary/aromatic N) is 3. The van der Waals surface area contributed by atoms with E-state index in [-0.39, 0.29) is 23.5 Å². The fraction of sp³-hybridized carbons (Fsp3) is 0.421. The molecule has 0 bridgehead atoms. The maximum atomic E-state index is 12.6. The molecule has 0 aliphatic carbocycles. The molecule has 7 heteroatoms. The molecular formula is C19H23N3O4. The smallest absolute Gasteiger partial charge is 0.292 e. The van der Waals surface area contributed by atoms with Crippen LogP contribution in [0.4, 0.5) is 0 Å². The van der Waals surface area contributed by atoms with E-state index in [1.165, 1.54) is 0 Å². The van der Waals surface area contributed by atoms with E-state index in [1.54, 1.807) is 47.2 Å². The molecule has 1 saturated heterocycles. The first-order valence-electron chi connectivity index (χ1n) is 8.69. The van der Waals surface area contributed by atoms with Crippen LogP contribution in [-0.2, 0) is 0 Å². The molecular weight excluding hydrogens is 334 g/mol. The Morgan fingerprint density at radius 3 is 2.12 bits per heavy atom. The van der Waals surface area contributed by atoms with Gasteiger partial charge in [-0.2, -0.15) is 0 Å². The highest BCUT2D eigenvalue weighted by Crippen LogP contribution is 2.18. The van der Waals surface area contributed by atoms with Crippen molar-refractivity contribution in [3.05, 3.63) is 47.3 Å². The second-order valence-corrected chi connectivity index (χ2v) is 6.58. The van der Waals surface area contributed by atoms with Gasteiger partial charge in [0.15, 0.2) is 0 Å². The van der Waals surface area contributed by atoms with E-state index in [0.717, 1.165) is 5.69 Å². The minimum atomic E-state index is -0.180. The van der Waals surface area contributed by atoms with Gasteiger partial charge < -0.3 is 19.1 Å². The lowest BCUT2D eigenvalue weighted by Crippen LogP contribution is -2.50. The van der Waals surface area contributed by atoms with Gasteiger partial charge in [0.1, 0.15) is 5.75 Å². The van der Waals surface area contributed by atoms with Gasteiger partial charge in [-0.05, 0) is 30.2 Å². The molecule has 26 heavy (non-hydrogen) atoms. The molecule has 1 aliphatic rings. The van der Waals surface area contributed by atoms with Crippen LogP contribution in [0.1, 0.15) is 46.4 Å². The second kappa shape index (κ2) is 7.59. The molecule has 1 aromatic carbocycles. The Bertz CT molecular complexity index is 774. The van der Waals surface area contributed by atoms with Crippen molar-refractivity contribution in [3.8, 4) is 5.75 Å². The summed E-state index contributed by atoms with van der Waals surface area (Å²) in [6.45, 7) is 5.91. The fourth-order valence-corrected chi connectivity index (χ4v) is 2.85. The van der Waals surface area contributed by atoms with Crippen LogP contribution in [0.2, 0.25) is 0 Å². The average molecular weight is 357 g/mol. The highest BCUT2D eigenvalue weighted by molar-refractivity contribution is 5.95. The van der Waals surface area contributed by atoms with Crippen molar-refractivity contribution in [1.82, 2.24) is 15.0 Å². The van der Waals surface area contributed by atoms with Crippen LogP contribution in [0.5, 0.6) is 5.75 Å². The van der Waals surface area contributed by atoms with Crippen LogP contribution < -0.4 is 4.74 Å². The number of rotatable bonds is 4. The number of carbonyl (C=O) groups excluding carboxylic acids is 2. The maximum absolute atomic E-state index is 12.6. The van der Waals surface area contributed by atoms with E-state index in [0.29, 0.717) is 37.5 Å². The molecule has 7 nitrogen and oxygen atoms in total. The predicted octanol–water partition coefficient (Wildman–Crippen LogP) is 2.40. The number of piperazine rings is 1. The van der Waals surface area contributed by atoms with E-state index < -0.39 is 0 Å². The zero-order valence-corrected chi connectivity index (χ0v) is 15.3. The molecule has 0 saturated carbocycles. The van der Waals surface area contributed by atoms with Crippen molar-refractivity contribution in [1.29, 1.82) is 0 Å². The Morgan fingerprint density at radius 1 is 1.04 bits per heavy atom. The van der Waals surface area contributed by atoms with Crippen LogP contribution in [0.25, 0.3) is 0 Å². The molecule has 1 aromatic heterocycles. The highest BCUT2D eigenvalue weighted by atomic mass is 16.5. The Labute approximate surface area is 152 Å². The average Bonchev–Trinajstić information content (AvgIpc) is 3.17. The van der Waals surface area contributed by atoms with Gasteiger partial charge in [-0.1, -0.05) is 19.0 Å². The van der Waals surface area contributed by atoms with Crippen LogP contribution in [-0.4, -0.2) is 60.1 Å². The molecule has 1 aliphatic heterocycles. The Kier molecular flexibility index (Phi) is 5.25. The topological polar surface area (TPSA) is 75.9 Å². The lowest BCUT2D eigenvalue weighted by molar-refractivity contribution is 0.0512. The van der Waals surface area contributed by atoms with Gasteiger partial charge in [-0.25, -0.2) is 0 Å². The number of ether oxygens (including phenoxy) is 1. The van der Waals surface area contributed by atoms with Gasteiger partial charge in [-0.3, -0.25) is 9.59 Å². The first-order chi connectivity index (χ1) is 12.5. The summed E-state index contributed by atoms with van der Waals surface area (Å²) >= 11 is 0. The molecule has 138 valence electrons. The molecule has 2 amide bonds. The number of hydrogen-bond donors (Lipinski definition) is 0. The van der Waals surface area contributed by atoms with Crippen molar-refractivity contribution in [2.75, 3.05) is 33.3 Å². The van der Waals surface area contributed by atoms with Gasteiger partial charge in [0.25, 0.3) is 11.8 Å². The summed E-state index contributed by atoms with van der Waals surface area (Å²) in [5, 5.41) is 3.93. The van der Waals surface area contributed by atoms with E-state index in [1.807, 2.05) is 13.8 Å². The van der Waals surface area contributed by atoms with Crippen LogP contribution in [0.3, 0.4) is 0 Å². The van der Waals surface area contributed by atoms with Gasteiger partial charge in [0.2, 0.25) is 5.76 Å². The normalized spacial score (nSPS) is 14.6. The van der Waals surface area contributed by atoms with Crippen molar-refractivity contribution in [2.45, 2.75) is 19.8 Å². The number of hydrogen-bond acceptors (Lipinski definition) is 5. The van der Waals surface area contributed by atoms with E-state index >= 15 is 0 Å². The van der Waals surface area contributed by atoms with Crippen molar-refractivity contribution < 1.29 is 18.8 Å². The predicted molar refractivity (Wildman–Crippen MR) is 95.4 cm³/mol. The van der Waals surface area contributed by atoms with Crippen molar-refractivity contribution in [3.63, 3.8) is 0 Å². The number of benzene rings is 1. The molecule has 3 rings (SSSR count). The molecule has 2 heterocycles. The first kappa shape index (κ1) is 18.0. The van der Waals surface area contributed by atoms with Gasteiger partial charge in [0.05, 0.1) is 12.8 Å². The third-order valence-electron chi connectivity index (χ3n) is 4.52. The summed E-state index contributed by atoms with van der Waals surface area (Å²) in [5.41, 5.74) is 1.38. The third kappa shape index (κ3) is 3.71. The summed E-state index contributed by atoms with van der Waals surface area (Å²) in [4.78, 5) is 28.6. The molecule has 0 N–H and O–H groups in total. The highest BCUT2D eigenvalue weighted by Gasteiger charge is 2.27. The molecule has 2 aromatic rings. The maximum Gasteiger partial charge on any atom is 0.292 e. The summed E-state index contributed by atoms with van der Waals surface area (Å²) in [6, 6.07) is 8.73. The molecule has 0 spiro atoms. The molecule has 0 atom stereocenters. The molecule has 0 radical (unpaired) electrons. The number of methoxy groups -OCH3 is 1. The fourth-order valence-electron chi connectivity index (χ4n) is 2.85. The van der Waals surface area contributed by atoms with Crippen LogP contribution in [0, 0.1) is 0 Å². The standard InChI is InChI=1S/C19H23N3O4/c1-13(2)16-12-17(26-20-16)19(24)22-10-8-21(9-11-22)18(23)14-4-6-15(25-3)7-5-14/h4-7,12-13H,8-11H2,1-3H3. The molecule has 1 fully saturated rings. The minimum absolute atomic E-state index is 0.0403. The van der Waals surface area contributed by atoms with Crippen LogP contribution in [0.15, 0.2) is 34.9 Å². The Balaban J connectivity index is 1.59. The number of aromatic nitrogens is 1. The van der Waals surface area contributed by atoms with Crippen molar-refractivity contribution >= 4 is 11.8 Å². The zero-order valence-electron chi connectivity index (χ0n) is 15.3.